The van der Waals surface area contributed by atoms with Crippen LogP contribution in [0, 0.1) is 0 Å². The Balaban J connectivity index is 2.00. The van der Waals surface area contributed by atoms with Crippen LogP contribution in [0.2, 0.25) is 5.02 Å². The Hall–Kier alpha value is -1.71. The van der Waals surface area contributed by atoms with Gasteiger partial charge in [-0.2, -0.15) is 0 Å². The zero-order valence-electron chi connectivity index (χ0n) is 10.5. The van der Waals surface area contributed by atoms with Gasteiger partial charge < -0.3 is 15.6 Å². The van der Waals surface area contributed by atoms with E-state index in [4.69, 9.17) is 27.2 Å². The molecule has 2 aromatic carbocycles. The summed E-state index contributed by atoms with van der Waals surface area (Å²) in [6.45, 7) is 0.530. The van der Waals surface area contributed by atoms with Crippen LogP contribution in [-0.4, -0.2) is 11.7 Å². The molecule has 2 aromatic rings. The van der Waals surface area contributed by atoms with Crippen molar-refractivity contribution >= 4 is 17.3 Å². The molecule has 0 saturated heterocycles. The lowest BCUT2D eigenvalue weighted by molar-refractivity contribution is 0.298. The zero-order valence-corrected chi connectivity index (χ0v) is 11.2. The van der Waals surface area contributed by atoms with Crippen LogP contribution in [0.15, 0.2) is 42.5 Å². The Bertz CT molecular complexity index is 540. The average Bonchev–Trinajstić information content (AvgIpc) is 2.42. The van der Waals surface area contributed by atoms with Crippen molar-refractivity contribution in [2.75, 3.05) is 12.3 Å². The van der Waals surface area contributed by atoms with E-state index in [1.54, 1.807) is 12.1 Å². The molecule has 0 radical (unpaired) electrons. The van der Waals surface area contributed by atoms with Crippen LogP contribution in [0.25, 0.3) is 0 Å². The normalized spacial score (nSPS) is 10.4. The predicted molar refractivity (Wildman–Crippen MR) is 77.4 cm³/mol. The summed E-state index contributed by atoms with van der Waals surface area (Å²) in [5.41, 5.74) is 8.32. The first-order valence-corrected chi connectivity index (χ1v) is 6.43. The Morgan fingerprint density at radius 3 is 2.53 bits per heavy atom. The number of anilines is 1. The number of benzene rings is 2. The fourth-order valence-corrected chi connectivity index (χ4v) is 1.92. The maximum Gasteiger partial charge on any atom is 0.119 e. The van der Waals surface area contributed by atoms with Crippen molar-refractivity contribution in [3.05, 3.63) is 58.6 Å². The molecule has 19 heavy (non-hydrogen) atoms. The van der Waals surface area contributed by atoms with Crippen LogP contribution in [0.3, 0.4) is 0 Å². The smallest absolute Gasteiger partial charge is 0.119 e. The maximum atomic E-state index is 8.84. The van der Waals surface area contributed by atoms with Crippen molar-refractivity contribution in [3.63, 3.8) is 0 Å². The lowest BCUT2D eigenvalue weighted by Gasteiger charge is -2.09. The van der Waals surface area contributed by atoms with Crippen LogP contribution >= 0.6 is 11.6 Å². The number of halogens is 1. The molecule has 0 atom stereocenters. The molecule has 0 aliphatic rings. The quantitative estimate of drug-likeness (QED) is 0.826. The van der Waals surface area contributed by atoms with Gasteiger partial charge in [0.25, 0.3) is 0 Å². The Morgan fingerprint density at radius 1 is 1.11 bits per heavy atom. The van der Waals surface area contributed by atoms with Crippen molar-refractivity contribution in [1.82, 2.24) is 0 Å². The second-order valence-electron chi connectivity index (χ2n) is 4.26. The summed E-state index contributed by atoms with van der Waals surface area (Å²) in [6.07, 6.45) is 0.654. The standard InChI is InChI=1S/C15H16ClNO2/c16-15-6-3-13(17)9-12(15)10-19-14-4-1-11(2-5-14)7-8-18/h1-6,9,18H,7-8,10,17H2. The summed E-state index contributed by atoms with van der Waals surface area (Å²) >= 11 is 6.07. The fourth-order valence-electron chi connectivity index (χ4n) is 1.75. The van der Waals surface area contributed by atoms with Crippen LogP contribution < -0.4 is 10.5 Å². The van der Waals surface area contributed by atoms with Gasteiger partial charge in [-0.15, -0.1) is 0 Å². The number of nitrogens with two attached hydrogens (primary N) is 1. The maximum absolute atomic E-state index is 8.84. The molecular weight excluding hydrogens is 262 g/mol. The molecule has 0 spiro atoms. The highest BCUT2D eigenvalue weighted by molar-refractivity contribution is 6.31. The largest absolute Gasteiger partial charge is 0.489 e. The minimum absolute atomic E-state index is 0.152. The molecular formula is C15H16ClNO2. The van der Waals surface area contributed by atoms with E-state index in [9.17, 15) is 0 Å². The van der Waals surface area contributed by atoms with E-state index in [1.807, 2.05) is 30.3 Å². The molecule has 0 aliphatic heterocycles. The predicted octanol–water partition coefficient (Wildman–Crippen LogP) is 3.04. The SMILES string of the molecule is Nc1ccc(Cl)c(COc2ccc(CCO)cc2)c1. The molecule has 3 N–H and O–H groups in total. The second-order valence-corrected chi connectivity index (χ2v) is 4.66. The van der Waals surface area contributed by atoms with Gasteiger partial charge in [0.05, 0.1) is 0 Å². The Morgan fingerprint density at radius 2 is 1.84 bits per heavy atom. The van der Waals surface area contributed by atoms with E-state index >= 15 is 0 Å². The molecule has 4 heteroatoms. The summed E-state index contributed by atoms with van der Waals surface area (Å²) in [5, 5.41) is 9.48. The molecule has 0 aliphatic carbocycles. The number of hydrogen-bond donors (Lipinski definition) is 2. The summed E-state index contributed by atoms with van der Waals surface area (Å²) in [7, 11) is 0. The van der Waals surface area contributed by atoms with E-state index in [0.29, 0.717) is 23.7 Å². The third-order valence-electron chi connectivity index (χ3n) is 2.79. The van der Waals surface area contributed by atoms with E-state index < -0.39 is 0 Å². The van der Waals surface area contributed by atoms with Crippen LogP contribution in [-0.2, 0) is 13.0 Å². The van der Waals surface area contributed by atoms with Gasteiger partial charge >= 0.3 is 0 Å². The Kier molecular flexibility index (Phi) is 4.66. The fraction of sp³-hybridized carbons (Fsp3) is 0.200. The summed E-state index contributed by atoms with van der Waals surface area (Å²) in [6, 6.07) is 13.0. The zero-order chi connectivity index (χ0) is 13.7. The number of aliphatic hydroxyl groups is 1. The van der Waals surface area contributed by atoms with Gasteiger partial charge in [0.2, 0.25) is 0 Å². The molecule has 3 nitrogen and oxygen atoms in total. The van der Waals surface area contributed by atoms with Crippen LogP contribution in [0.5, 0.6) is 5.75 Å². The topological polar surface area (TPSA) is 55.5 Å². The minimum Gasteiger partial charge on any atom is -0.489 e. The number of nitrogen functional groups attached to an aromatic ring is 1. The highest BCUT2D eigenvalue weighted by Gasteiger charge is 2.02. The van der Waals surface area contributed by atoms with E-state index in [0.717, 1.165) is 16.9 Å². The lowest BCUT2D eigenvalue weighted by Crippen LogP contribution is -1.98. The molecule has 0 fully saturated rings. The molecule has 100 valence electrons. The highest BCUT2D eigenvalue weighted by atomic mass is 35.5. The minimum atomic E-state index is 0.152. The highest BCUT2D eigenvalue weighted by Crippen LogP contribution is 2.21. The van der Waals surface area contributed by atoms with Gasteiger partial charge in [-0.05, 0) is 42.3 Å². The van der Waals surface area contributed by atoms with Gasteiger partial charge in [0.1, 0.15) is 12.4 Å². The van der Waals surface area contributed by atoms with Crippen molar-refractivity contribution < 1.29 is 9.84 Å². The van der Waals surface area contributed by atoms with Gasteiger partial charge in [0, 0.05) is 22.9 Å². The molecule has 0 saturated carbocycles. The first-order chi connectivity index (χ1) is 9.19. The van der Waals surface area contributed by atoms with Gasteiger partial charge in [-0.1, -0.05) is 23.7 Å². The molecule has 0 amide bonds. The first-order valence-electron chi connectivity index (χ1n) is 6.05. The van der Waals surface area contributed by atoms with Crippen molar-refractivity contribution in [1.29, 1.82) is 0 Å². The van der Waals surface area contributed by atoms with E-state index in [1.165, 1.54) is 0 Å². The summed E-state index contributed by atoms with van der Waals surface area (Å²) in [4.78, 5) is 0. The Labute approximate surface area is 117 Å². The van der Waals surface area contributed by atoms with E-state index in [2.05, 4.69) is 0 Å². The monoisotopic (exact) mass is 277 g/mol. The number of rotatable bonds is 5. The molecule has 2 rings (SSSR count). The first kappa shape index (κ1) is 13.7. The van der Waals surface area contributed by atoms with Crippen molar-refractivity contribution in [2.45, 2.75) is 13.0 Å². The van der Waals surface area contributed by atoms with Crippen molar-refractivity contribution in [3.8, 4) is 5.75 Å². The molecule has 0 bridgehead atoms. The molecule has 0 unspecified atom stereocenters. The number of hydrogen-bond acceptors (Lipinski definition) is 3. The molecule has 0 aromatic heterocycles. The van der Waals surface area contributed by atoms with Gasteiger partial charge in [0.15, 0.2) is 0 Å². The summed E-state index contributed by atoms with van der Waals surface area (Å²) < 4.78 is 5.66. The van der Waals surface area contributed by atoms with Crippen LogP contribution in [0.4, 0.5) is 5.69 Å². The summed E-state index contributed by atoms with van der Waals surface area (Å²) in [5.74, 6) is 0.764. The van der Waals surface area contributed by atoms with E-state index in [-0.39, 0.29) is 6.61 Å². The van der Waals surface area contributed by atoms with Gasteiger partial charge in [-0.3, -0.25) is 0 Å². The number of ether oxygens (including phenoxy) is 1. The molecule has 0 heterocycles. The van der Waals surface area contributed by atoms with Crippen molar-refractivity contribution in [2.24, 2.45) is 0 Å². The third kappa shape index (κ3) is 3.88. The second kappa shape index (κ2) is 6.45. The average molecular weight is 278 g/mol. The third-order valence-corrected chi connectivity index (χ3v) is 3.16. The lowest BCUT2D eigenvalue weighted by atomic mass is 10.1. The number of aliphatic hydroxyl groups excluding tert-OH is 1. The van der Waals surface area contributed by atoms with Gasteiger partial charge in [-0.25, -0.2) is 0 Å². The van der Waals surface area contributed by atoms with Crippen LogP contribution in [0.1, 0.15) is 11.1 Å².